The Hall–Kier alpha value is -1.51. The van der Waals surface area contributed by atoms with Gasteiger partial charge >= 0.3 is 0 Å². The molecule has 0 heterocycles. The SMILES string of the molecule is CCCCNc1ccccc1N(CCC)C(C)=O. The van der Waals surface area contributed by atoms with Gasteiger partial charge < -0.3 is 10.2 Å². The van der Waals surface area contributed by atoms with Gasteiger partial charge in [-0.2, -0.15) is 0 Å². The van der Waals surface area contributed by atoms with Gasteiger partial charge in [-0.1, -0.05) is 32.4 Å². The number of para-hydroxylation sites is 2. The Morgan fingerprint density at radius 1 is 1.22 bits per heavy atom. The monoisotopic (exact) mass is 248 g/mol. The zero-order valence-electron chi connectivity index (χ0n) is 11.7. The second-order valence-corrected chi connectivity index (χ2v) is 4.47. The highest BCUT2D eigenvalue weighted by atomic mass is 16.2. The molecule has 18 heavy (non-hydrogen) atoms. The first kappa shape index (κ1) is 14.6. The fourth-order valence-electron chi connectivity index (χ4n) is 1.93. The number of rotatable bonds is 7. The van der Waals surface area contributed by atoms with Crippen LogP contribution in [0.3, 0.4) is 0 Å². The van der Waals surface area contributed by atoms with Crippen molar-refractivity contribution in [3.8, 4) is 0 Å². The number of hydrogen-bond acceptors (Lipinski definition) is 2. The quantitative estimate of drug-likeness (QED) is 0.747. The number of amides is 1. The molecule has 0 aliphatic rings. The molecule has 0 aliphatic carbocycles. The molecule has 0 bridgehead atoms. The third kappa shape index (κ3) is 4.06. The van der Waals surface area contributed by atoms with Gasteiger partial charge in [-0.25, -0.2) is 0 Å². The van der Waals surface area contributed by atoms with Crippen LogP contribution in [-0.4, -0.2) is 19.0 Å². The lowest BCUT2D eigenvalue weighted by Crippen LogP contribution is -2.29. The number of anilines is 2. The Bertz CT molecular complexity index is 377. The van der Waals surface area contributed by atoms with Crippen molar-refractivity contribution < 1.29 is 4.79 Å². The zero-order valence-corrected chi connectivity index (χ0v) is 11.7. The maximum Gasteiger partial charge on any atom is 0.223 e. The lowest BCUT2D eigenvalue weighted by atomic mass is 10.2. The molecule has 1 aromatic carbocycles. The first-order chi connectivity index (χ1) is 8.70. The number of benzene rings is 1. The average Bonchev–Trinajstić information content (AvgIpc) is 2.37. The van der Waals surface area contributed by atoms with Crippen LogP contribution in [0.5, 0.6) is 0 Å². The summed E-state index contributed by atoms with van der Waals surface area (Å²) < 4.78 is 0. The molecule has 0 aliphatic heterocycles. The van der Waals surface area contributed by atoms with Gasteiger partial charge in [-0.15, -0.1) is 0 Å². The fourth-order valence-corrected chi connectivity index (χ4v) is 1.93. The largest absolute Gasteiger partial charge is 0.383 e. The van der Waals surface area contributed by atoms with E-state index in [1.807, 2.05) is 29.2 Å². The van der Waals surface area contributed by atoms with E-state index in [1.165, 1.54) is 6.42 Å². The van der Waals surface area contributed by atoms with Crippen molar-refractivity contribution in [1.82, 2.24) is 0 Å². The van der Waals surface area contributed by atoms with Crippen LogP contribution in [0.25, 0.3) is 0 Å². The summed E-state index contributed by atoms with van der Waals surface area (Å²) in [7, 11) is 0. The van der Waals surface area contributed by atoms with Crippen LogP contribution in [0.2, 0.25) is 0 Å². The van der Waals surface area contributed by atoms with Crippen LogP contribution in [0, 0.1) is 0 Å². The summed E-state index contributed by atoms with van der Waals surface area (Å²) >= 11 is 0. The summed E-state index contributed by atoms with van der Waals surface area (Å²) in [6, 6.07) is 8.02. The van der Waals surface area contributed by atoms with Crippen LogP contribution in [-0.2, 0) is 4.79 Å². The third-order valence-corrected chi connectivity index (χ3v) is 2.87. The van der Waals surface area contributed by atoms with Crippen LogP contribution in [0.4, 0.5) is 11.4 Å². The molecular formula is C15H24N2O. The second kappa shape index (κ2) is 7.75. The van der Waals surface area contributed by atoms with Gasteiger partial charge in [-0.3, -0.25) is 4.79 Å². The van der Waals surface area contributed by atoms with E-state index in [2.05, 4.69) is 19.2 Å². The molecule has 0 spiro atoms. The number of carbonyl (C=O) groups is 1. The van der Waals surface area contributed by atoms with E-state index >= 15 is 0 Å². The van der Waals surface area contributed by atoms with E-state index < -0.39 is 0 Å². The molecule has 0 saturated heterocycles. The lowest BCUT2D eigenvalue weighted by Gasteiger charge is -2.23. The summed E-state index contributed by atoms with van der Waals surface area (Å²) in [5.74, 6) is 0.0987. The second-order valence-electron chi connectivity index (χ2n) is 4.47. The summed E-state index contributed by atoms with van der Waals surface area (Å²) in [5.41, 5.74) is 2.04. The molecule has 1 N–H and O–H groups in total. The molecule has 0 radical (unpaired) electrons. The summed E-state index contributed by atoms with van der Waals surface area (Å²) in [6.45, 7) is 7.60. The molecule has 0 aromatic heterocycles. The minimum absolute atomic E-state index is 0.0987. The van der Waals surface area contributed by atoms with Gasteiger partial charge in [0.25, 0.3) is 0 Å². The first-order valence-electron chi connectivity index (χ1n) is 6.81. The Labute approximate surface area is 110 Å². The van der Waals surface area contributed by atoms with Crippen molar-refractivity contribution in [2.24, 2.45) is 0 Å². The molecule has 0 atom stereocenters. The van der Waals surface area contributed by atoms with Gasteiger partial charge in [0.1, 0.15) is 0 Å². The average molecular weight is 248 g/mol. The van der Waals surface area contributed by atoms with E-state index in [-0.39, 0.29) is 5.91 Å². The number of carbonyl (C=O) groups excluding carboxylic acids is 1. The normalized spacial score (nSPS) is 10.2. The van der Waals surface area contributed by atoms with Gasteiger partial charge in [-0.05, 0) is 25.0 Å². The molecule has 1 amide bonds. The molecule has 1 aromatic rings. The van der Waals surface area contributed by atoms with Gasteiger partial charge in [0.2, 0.25) is 5.91 Å². The van der Waals surface area contributed by atoms with Gasteiger partial charge in [0, 0.05) is 20.0 Å². The number of hydrogen-bond donors (Lipinski definition) is 1. The molecule has 3 heteroatoms. The van der Waals surface area contributed by atoms with Crippen molar-refractivity contribution in [2.75, 3.05) is 23.3 Å². The predicted octanol–water partition coefficient (Wildman–Crippen LogP) is 3.66. The van der Waals surface area contributed by atoms with Crippen molar-refractivity contribution in [2.45, 2.75) is 40.0 Å². The lowest BCUT2D eigenvalue weighted by molar-refractivity contribution is -0.116. The zero-order chi connectivity index (χ0) is 13.4. The fraction of sp³-hybridized carbons (Fsp3) is 0.533. The highest BCUT2D eigenvalue weighted by molar-refractivity contribution is 5.95. The molecule has 3 nitrogen and oxygen atoms in total. The number of nitrogens with one attached hydrogen (secondary N) is 1. The summed E-state index contributed by atoms with van der Waals surface area (Å²) in [4.78, 5) is 13.6. The highest BCUT2D eigenvalue weighted by Crippen LogP contribution is 2.26. The number of unbranched alkanes of at least 4 members (excludes halogenated alkanes) is 1. The first-order valence-corrected chi connectivity index (χ1v) is 6.81. The standard InChI is InChI=1S/C15H24N2O/c1-4-6-11-16-14-9-7-8-10-15(14)17(12-5-2)13(3)18/h7-10,16H,4-6,11-12H2,1-3H3. The van der Waals surface area contributed by atoms with Crippen LogP contribution in [0.15, 0.2) is 24.3 Å². The predicted molar refractivity (Wildman–Crippen MR) is 78.2 cm³/mol. The smallest absolute Gasteiger partial charge is 0.223 e. The maximum atomic E-state index is 11.7. The molecule has 0 saturated carbocycles. The van der Waals surface area contributed by atoms with Crippen molar-refractivity contribution >= 4 is 17.3 Å². The van der Waals surface area contributed by atoms with Crippen molar-refractivity contribution in [3.05, 3.63) is 24.3 Å². The molecule has 0 unspecified atom stereocenters. The summed E-state index contributed by atoms with van der Waals surface area (Å²) in [5, 5.41) is 3.41. The van der Waals surface area contributed by atoms with E-state index in [1.54, 1.807) is 6.92 Å². The van der Waals surface area contributed by atoms with E-state index in [0.717, 1.165) is 37.3 Å². The van der Waals surface area contributed by atoms with Gasteiger partial charge in [0.05, 0.1) is 11.4 Å². The Kier molecular flexibility index (Phi) is 6.26. The van der Waals surface area contributed by atoms with E-state index in [9.17, 15) is 4.79 Å². The minimum Gasteiger partial charge on any atom is -0.383 e. The highest BCUT2D eigenvalue weighted by Gasteiger charge is 2.13. The Balaban J connectivity index is 2.87. The third-order valence-electron chi connectivity index (χ3n) is 2.87. The molecule has 0 fully saturated rings. The van der Waals surface area contributed by atoms with E-state index in [4.69, 9.17) is 0 Å². The molecular weight excluding hydrogens is 224 g/mol. The van der Waals surface area contributed by atoms with Crippen LogP contribution in [0.1, 0.15) is 40.0 Å². The van der Waals surface area contributed by atoms with Crippen molar-refractivity contribution in [3.63, 3.8) is 0 Å². The van der Waals surface area contributed by atoms with E-state index in [0.29, 0.717) is 0 Å². The summed E-state index contributed by atoms with van der Waals surface area (Å²) in [6.07, 6.45) is 3.27. The minimum atomic E-state index is 0.0987. The van der Waals surface area contributed by atoms with Gasteiger partial charge in [0.15, 0.2) is 0 Å². The van der Waals surface area contributed by atoms with Crippen LogP contribution >= 0.6 is 0 Å². The maximum absolute atomic E-state index is 11.7. The van der Waals surface area contributed by atoms with Crippen LogP contribution < -0.4 is 10.2 Å². The molecule has 100 valence electrons. The Morgan fingerprint density at radius 2 is 1.94 bits per heavy atom. The Morgan fingerprint density at radius 3 is 2.56 bits per heavy atom. The number of nitrogens with zero attached hydrogens (tertiary/aromatic N) is 1. The topological polar surface area (TPSA) is 32.3 Å². The van der Waals surface area contributed by atoms with Crippen molar-refractivity contribution in [1.29, 1.82) is 0 Å². The molecule has 1 rings (SSSR count).